The molecule has 358 valence electrons. The minimum absolute atomic E-state index is 0.197. The highest BCUT2D eigenvalue weighted by molar-refractivity contribution is 5.74. The smallest absolute Gasteiger partial charge is 0.311 e. The summed E-state index contributed by atoms with van der Waals surface area (Å²) in [7, 11) is 3.35. The van der Waals surface area contributed by atoms with E-state index in [1.807, 2.05) is 97.1 Å². The molecule has 0 fully saturated rings. The zero-order valence-electron chi connectivity index (χ0n) is 40.3. The molecule has 6 rings (SSSR count). The summed E-state index contributed by atoms with van der Waals surface area (Å²) >= 11 is 0. The lowest BCUT2D eigenvalue weighted by Gasteiger charge is -2.08. The summed E-state index contributed by atoms with van der Waals surface area (Å²) in [4.78, 5) is 25.0. The quantitative estimate of drug-likeness (QED) is 0.0242. The Morgan fingerprint density at radius 3 is 0.765 bits per heavy atom. The monoisotopic (exact) mass is 919 g/mol. The lowest BCUT2D eigenvalue weighted by atomic mass is 10.1. The minimum Gasteiger partial charge on any atom is -0.497 e. The van der Waals surface area contributed by atoms with Gasteiger partial charge < -0.3 is 28.4 Å². The van der Waals surface area contributed by atoms with Crippen LogP contribution >= 0.6 is 0 Å². The van der Waals surface area contributed by atoms with E-state index in [0.717, 1.165) is 134 Å². The summed E-state index contributed by atoms with van der Waals surface area (Å²) in [5.41, 5.74) is 6.60. The van der Waals surface area contributed by atoms with Crippen molar-refractivity contribution in [2.24, 2.45) is 0 Å². The van der Waals surface area contributed by atoms with E-state index in [-0.39, 0.29) is 11.9 Å². The van der Waals surface area contributed by atoms with Crippen LogP contribution in [0.2, 0.25) is 0 Å². The molecule has 0 atom stereocenters. The lowest BCUT2D eigenvalue weighted by molar-refractivity contribution is -0.135. The Hall–Kier alpha value is -6.54. The SMILES string of the molecule is COc1ccc(-c2ccc(OCCCCCCCCCCC(=O)Oc3ccc(-c4ccc(OC(=O)CCCCCCCCCCOc5ccc(-c6ccc(OC)cc6)cc5)cc4)cc3)cc2)cc1. The Morgan fingerprint density at radius 1 is 0.279 bits per heavy atom. The fraction of sp³-hybridized carbons (Fsp3) is 0.367. The number of benzene rings is 6. The van der Waals surface area contributed by atoms with E-state index >= 15 is 0 Å². The molecule has 0 bridgehead atoms. The van der Waals surface area contributed by atoms with Gasteiger partial charge in [-0.25, -0.2) is 0 Å². The van der Waals surface area contributed by atoms with Gasteiger partial charge in [0.1, 0.15) is 34.5 Å². The Morgan fingerprint density at radius 2 is 0.500 bits per heavy atom. The van der Waals surface area contributed by atoms with Gasteiger partial charge in [0, 0.05) is 12.8 Å². The normalized spacial score (nSPS) is 10.9. The van der Waals surface area contributed by atoms with Gasteiger partial charge in [-0.2, -0.15) is 0 Å². The van der Waals surface area contributed by atoms with Gasteiger partial charge in [0.2, 0.25) is 0 Å². The van der Waals surface area contributed by atoms with E-state index < -0.39 is 0 Å². The van der Waals surface area contributed by atoms with Gasteiger partial charge in [0.15, 0.2) is 0 Å². The van der Waals surface area contributed by atoms with Crippen molar-refractivity contribution < 1.29 is 38.0 Å². The van der Waals surface area contributed by atoms with Gasteiger partial charge >= 0.3 is 11.9 Å². The van der Waals surface area contributed by atoms with Crippen LogP contribution < -0.4 is 28.4 Å². The Labute approximate surface area is 404 Å². The number of rotatable bonds is 31. The molecular formula is C60H70O8. The third-order valence-corrected chi connectivity index (χ3v) is 12.1. The van der Waals surface area contributed by atoms with Gasteiger partial charge in [0.25, 0.3) is 0 Å². The van der Waals surface area contributed by atoms with Crippen LogP contribution in [0.5, 0.6) is 34.5 Å². The van der Waals surface area contributed by atoms with Gasteiger partial charge in [-0.1, -0.05) is 150 Å². The molecule has 0 amide bonds. The molecule has 0 N–H and O–H groups in total. The molecule has 0 unspecified atom stereocenters. The molecule has 0 saturated heterocycles. The van der Waals surface area contributed by atoms with Gasteiger partial charge in [-0.15, -0.1) is 0 Å². The number of ether oxygens (including phenoxy) is 6. The van der Waals surface area contributed by atoms with Crippen molar-refractivity contribution >= 4 is 11.9 Å². The topological polar surface area (TPSA) is 89.5 Å². The zero-order valence-corrected chi connectivity index (χ0v) is 40.3. The van der Waals surface area contributed by atoms with Crippen molar-refractivity contribution in [3.8, 4) is 67.9 Å². The summed E-state index contributed by atoms with van der Waals surface area (Å²) in [6, 6.07) is 47.7. The van der Waals surface area contributed by atoms with Crippen LogP contribution in [0.15, 0.2) is 146 Å². The van der Waals surface area contributed by atoms with Crippen molar-refractivity contribution in [3.05, 3.63) is 146 Å². The van der Waals surface area contributed by atoms with Crippen LogP contribution in [0.4, 0.5) is 0 Å². The molecule has 0 radical (unpaired) electrons. The fourth-order valence-electron chi connectivity index (χ4n) is 8.09. The van der Waals surface area contributed by atoms with Gasteiger partial charge in [-0.05, 0) is 132 Å². The first-order chi connectivity index (χ1) is 33.4. The van der Waals surface area contributed by atoms with Crippen LogP contribution in [0, 0.1) is 0 Å². The average molecular weight is 919 g/mol. The van der Waals surface area contributed by atoms with Crippen LogP contribution in [-0.2, 0) is 9.59 Å². The molecule has 0 aliphatic rings. The number of hydrogen-bond donors (Lipinski definition) is 0. The highest BCUT2D eigenvalue weighted by Gasteiger charge is 2.09. The van der Waals surface area contributed by atoms with E-state index in [1.165, 1.54) is 38.5 Å². The fourth-order valence-corrected chi connectivity index (χ4v) is 8.09. The summed E-state index contributed by atoms with van der Waals surface area (Å²) in [6.07, 6.45) is 18.4. The second-order valence-electron chi connectivity index (χ2n) is 17.4. The molecule has 8 heteroatoms. The molecule has 0 aliphatic carbocycles. The molecule has 6 aromatic rings. The predicted molar refractivity (Wildman–Crippen MR) is 274 cm³/mol. The zero-order chi connectivity index (χ0) is 47.4. The minimum atomic E-state index is -0.197. The summed E-state index contributed by atoms with van der Waals surface area (Å²) in [6.45, 7) is 1.46. The number of esters is 2. The maximum atomic E-state index is 12.5. The van der Waals surface area contributed by atoms with E-state index in [1.54, 1.807) is 14.2 Å². The number of carbonyl (C=O) groups is 2. The third-order valence-electron chi connectivity index (χ3n) is 12.1. The summed E-state index contributed by atoms with van der Waals surface area (Å²) in [5.74, 6) is 4.21. The summed E-state index contributed by atoms with van der Waals surface area (Å²) in [5, 5.41) is 0. The standard InChI is InChI=1S/C60H70O8/c1-63-53-33-21-47(22-34-53)49-25-37-55(38-26-49)65-45-17-13-9-5-3-7-11-15-19-59(61)67-57-41-29-51(30-42-57)52-31-43-58(44-32-52)68-60(62)20-16-12-8-4-6-10-14-18-46-66-56-39-27-50(28-40-56)48-23-35-54(64-2)36-24-48/h21-44H,3-20,45-46H2,1-2H3. The van der Waals surface area contributed by atoms with Crippen LogP contribution in [0.3, 0.4) is 0 Å². The number of methoxy groups -OCH3 is 2. The van der Waals surface area contributed by atoms with Gasteiger partial charge in [-0.3, -0.25) is 9.59 Å². The average Bonchev–Trinajstić information content (AvgIpc) is 3.38. The van der Waals surface area contributed by atoms with Crippen LogP contribution in [-0.4, -0.2) is 39.4 Å². The first kappa shape index (κ1) is 50.9. The van der Waals surface area contributed by atoms with Gasteiger partial charge in [0.05, 0.1) is 27.4 Å². The van der Waals surface area contributed by atoms with Crippen LogP contribution in [0.1, 0.15) is 116 Å². The molecule has 0 heterocycles. The highest BCUT2D eigenvalue weighted by Crippen LogP contribution is 2.28. The van der Waals surface area contributed by atoms with E-state index in [4.69, 9.17) is 28.4 Å². The van der Waals surface area contributed by atoms with Crippen molar-refractivity contribution in [3.63, 3.8) is 0 Å². The molecule has 8 nitrogen and oxygen atoms in total. The van der Waals surface area contributed by atoms with Crippen molar-refractivity contribution in [1.82, 2.24) is 0 Å². The summed E-state index contributed by atoms with van der Waals surface area (Å²) < 4.78 is 33.6. The Balaban J connectivity index is 0.718. The Bertz CT molecular complexity index is 2150. The van der Waals surface area contributed by atoms with E-state index in [9.17, 15) is 9.59 Å². The maximum absolute atomic E-state index is 12.5. The highest BCUT2D eigenvalue weighted by atomic mass is 16.5. The lowest BCUT2D eigenvalue weighted by Crippen LogP contribution is -2.07. The molecule has 0 aromatic heterocycles. The van der Waals surface area contributed by atoms with Crippen molar-refractivity contribution in [2.75, 3.05) is 27.4 Å². The third kappa shape index (κ3) is 18.3. The molecular weight excluding hydrogens is 849 g/mol. The molecule has 0 saturated carbocycles. The Kier molecular flexibility index (Phi) is 21.9. The van der Waals surface area contributed by atoms with E-state index in [0.29, 0.717) is 24.3 Å². The first-order valence-corrected chi connectivity index (χ1v) is 24.8. The second kappa shape index (κ2) is 29.3. The van der Waals surface area contributed by atoms with Crippen molar-refractivity contribution in [1.29, 1.82) is 0 Å². The number of carbonyl (C=O) groups excluding carboxylic acids is 2. The molecule has 6 aromatic carbocycles. The van der Waals surface area contributed by atoms with Crippen LogP contribution in [0.25, 0.3) is 33.4 Å². The van der Waals surface area contributed by atoms with E-state index in [2.05, 4.69) is 48.5 Å². The molecule has 68 heavy (non-hydrogen) atoms. The first-order valence-electron chi connectivity index (χ1n) is 24.8. The van der Waals surface area contributed by atoms with Crippen molar-refractivity contribution in [2.45, 2.75) is 116 Å². The molecule has 0 aliphatic heterocycles. The molecule has 0 spiro atoms. The second-order valence-corrected chi connectivity index (χ2v) is 17.4. The number of hydrogen-bond acceptors (Lipinski definition) is 8. The maximum Gasteiger partial charge on any atom is 0.311 e. The predicted octanol–water partition coefficient (Wildman–Crippen LogP) is 15.7. The largest absolute Gasteiger partial charge is 0.497 e. The number of unbranched alkanes of at least 4 members (excludes halogenated alkanes) is 14.